The number of ether oxygens (including phenoxy) is 1. The normalized spacial score (nSPS) is 17.7. The summed E-state index contributed by atoms with van der Waals surface area (Å²) in [4.78, 5) is 25.4. The second-order valence-electron chi connectivity index (χ2n) is 4.07. The molecule has 0 radical (unpaired) electrons. The highest BCUT2D eigenvalue weighted by atomic mass is 16.9. The molecular formula is C13H19NO4. The van der Waals surface area contributed by atoms with Crippen LogP contribution in [0.4, 0.5) is 4.79 Å². The zero-order valence-electron chi connectivity index (χ0n) is 10.9. The summed E-state index contributed by atoms with van der Waals surface area (Å²) >= 11 is 0. The highest BCUT2D eigenvalue weighted by Crippen LogP contribution is 2.28. The van der Waals surface area contributed by atoms with E-state index in [1.165, 1.54) is 24.3 Å². The zero-order chi connectivity index (χ0) is 13.4. The summed E-state index contributed by atoms with van der Waals surface area (Å²) in [5.74, 6) is 4.21. The van der Waals surface area contributed by atoms with Crippen LogP contribution in [-0.2, 0) is 14.4 Å². The summed E-state index contributed by atoms with van der Waals surface area (Å²) in [5, 5.41) is 1.51. The molecule has 1 saturated carbocycles. The quantitative estimate of drug-likeness (QED) is 0.328. The molecule has 100 valence electrons. The third-order valence-electron chi connectivity index (χ3n) is 2.73. The van der Waals surface area contributed by atoms with Crippen LogP contribution >= 0.6 is 0 Å². The van der Waals surface area contributed by atoms with Crippen molar-refractivity contribution in [2.45, 2.75) is 52.0 Å². The Morgan fingerprint density at radius 2 is 2.06 bits per heavy atom. The molecule has 0 aromatic carbocycles. The Balaban J connectivity index is 0.000000187. The van der Waals surface area contributed by atoms with E-state index in [-0.39, 0.29) is 6.09 Å². The lowest BCUT2D eigenvalue weighted by Gasteiger charge is -2.18. The van der Waals surface area contributed by atoms with Crippen molar-refractivity contribution < 1.29 is 19.2 Å². The SMILES string of the molecule is CC#CC(=O)OCC.O=C1ON1C1CCCCC1. The monoisotopic (exact) mass is 253 g/mol. The average Bonchev–Trinajstić information content (AvgIpc) is 3.09. The van der Waals surface area contributed by atoms with Gasteiger partial charge in [-0.3, -0.25) is 0 Å². The third kappa shape index (κ3) is 5.09. The maximum absolute atomic E-state index is 10.5. The first kappa shape index (κ1) is 14.4. The Bertz CT molecular complexity index is 350. The van der Waals surface area contributed by atoms with Crippen LogP contribution < -0.4 is 0 Å². The number of esters is 1. The van der Waals surface area contributed by atoms with Crippen LogP contribution in [0.1, 0.15) is 46.0 Å². The number of carbonyl (C=O) groups excluding carboxylic acids is 2. The first-order chi connectivity index (χ1) is 8.69. The van der Waals surface area contributed by atoms with Gasteiger partial charge >= 0.3 is 12.1 Å². The minimum Gasteiger partial charge on any atom is -0.456 e. The summed E-state index contributed by atoms with van der Waals surface area (Å²) in [7, 11) is 0. The smallest absolute Gasteiger partial charge is 0.456 e. The minimum absolute atomic E-state index is 0.132. The van der Waals surface area contributed by atoms with Crippen molar-refractivity contribution in [3.8, 4) is 11.8 Å². The first-order valence-electron chi connectivity index (χ1n) is 6.29. The number of hydrogen-bond acceptors (Lipinski definition) is 4. The Kier molecular flexibility index (Phi) is 6.06. The largest absolute Gasteiger partial charge is 0.468 e. The lowest BCUT2D eigenvalue weighted by Crippen LogP contribution is -2.21. The van der Waals surface area contributed by atoms with Crippen LogP contribution in [0.2, 0.25) is 0 Å². The fourth-order valence-electron chi connectivity index (χ4n) is 1.87. The molecule has 0 N–H and O–H groups in total. The van der Waals surface area contributed by atoms with E-state index in [0.717, 1.165) is 12.8 Å². The summed E-state index contributed by atoms with van der Waals surface area (Å²) in [6.07, 6.45) is 5.94. The second kappa shape index (κ2) is 7.59. The van der Waals surface area contributed by atoms with E-state index in [9.17, 15) is 9.59 Å². The van der Waals surface area contributed by atoms with Crippen molar-refractivity contribution in [1.82, 2.24) is 5.06 Å². The highest BCUT2D eigenvalue weighted by molar-refractivity contribution is 5.88. The molecular weight excluding hydrogens is 234 g/mol. The van der Waals surface area contributed by atoms with Gasteiger partial charge in [0.15, 0.2) is 0 Å². The van der Waals surface area contributed by atoms with Gasteiger partial charge < -0.3 is 9.57 Å². The molecule has 1 amide bonds. The molecule has 0 atom stereocenters. The predicted octanol–water partition coefficient (Wildman–Crippen LogP) is 2.26. The molecule has 5 nitrogen and oxygen atoms in total. The topological polar surface area (TPSA) is 58.9 Å². The fourth-order valence-corrected chi connectivity index (χ4v) is 1.87. The maximum atomic E-state index is 10.5. The van der Waals surface area contributed by atoms with Crippen LogP contribution in [0.3, 0.4) is 0 Å². The van der Waals surface area contributed by atoms with Gasteiger partial charge in [0.1, 0.15) is 0 Å². The van der Waals surface area contributed by atoms with E-state index in [0.29, 0.717) is 12.6 Å². The van der Waals surface area contributed by atoms with E-state index in [1.807, 2.05) is 0 Å². The fraction of sp³-hybridized carbons (Fsp3) is 0.692. The summed E-state index contributed by atoms with van der Waals surface area (Å²) in [6.45, 7) is 3.74. The van der Waals surface area contributed by atoms with Crippen molar-refractivity contribution in [3.05, 3.63) is 0 Å². The van der Waals surface area contributed by atoms with Gasteiger partial charge in [-0.2, -0.15) is 0 Å². The number of nitrogens with zero attached hydrogens (tertiary/aromatic N) is 1. The molecule has 2 fully saturated rings. The summed E-state index contributed by atoms with van der Waals surface area (Å²) in [5.41, 5.74) is 0. The highest BCUT2D eigenvalue weighted by Gasteiger charge is 2.41. The van der Waals surface area contributed by atoms with E-state index in [4.69, 9.17) is 0 Å². The number of rotatable bonds is 2. The van der Waals surface area contributed by atoms with Gasteiger partial charge in [-0.25, -0.2) is 9.59 Å². The van der Waals surface area contributed by atoms with E-state index >= 15 is 0 Å². The molecule has 1 saturated heterocycles. The maximum Gasteiger partial charge on any atom is 0.468 e. The third-order valence-corrected chi connectivity index (χ3v) is 2.73. The van der Waals surface area contributed by atoms with E-state index < -0.39 is 5.97 Å². The molecule has 0 bridgehead atoms. The predicted molar refractivity (Wildman–Crippen MR) is 65.3 cm³/mol. The molecule has 0 aromatic rings. The van der Waals surface area contributed by atoms with Gasteiger partial charge in [0.25, 0.3) is 0 Å². The van der Waals surface area contributed by atoms with Gasteiger partial charge in [-0.05, 0) is 26.7 Å². The summed E-state index contributed by atoms with van der Waals surface area (Å²) in [6, 6.07) is 0.404. The van der Waals surface area contributed by atoms with Crippen LogP contribution in [0.15, 0.2) is 0 Å². The molecule has 2 aliphatic rings. The summed E-state index contributed by atoms with van der Waals surface area (Å²) < 4.78 is 4.47. The standard InChI is InChI=1S/C7H11NO2.C6H8O2/c9-7-8(10-7)6-4-2-1-3-5-6;1-3-5-6(7)8-4-2/h6H,1-5H2;4H2,1-2H3. The Labute approximate surface area is 107 Å². The number of carbonyl (C=O) groups is 2. The Morgan fingerprint density at radius 3 is 2.50 bits per heavy atom. The van der Waals surface area contributed by atoms with Crippen molar-refractivity contribution in [3.63, 3.8) is 0 Å². The molecule has 0 aromatic heterocycles. The lowest BCUT2D eigenvalue weighted by molar-refractivity contribution is -0.136. The zero-order valence-corrected chi connectivity index (χ0v) is 10.9. The van der Waals surface area contributed by atoms with Crippen molar-refractivity contribution in [2.75, 3.05) is 6.61 Å². The van der Waals surface area contributed by atoms with Gasteiger partial charge in [-0.15, -0.1) is 5.06 Å². The van der Waals surface area contributed by atoms with Crippen LogP contribution in [0.25, 0.3) is 0 Å². The number of hydroxylamine groups is 2. The van der Waals surface area contributed by atoms with Crippen molar-refractivity contribution >= 4 is 12.1 Å². The van der Waals surface area contributed by atoms with Gasteiger partial charge in [-0.1, -0.05) is 25.2 Å². The molecule has 1 aliphatic heterocycles. The van der Waals surface area contributed by atoms with Crippen molar-refractivity contribution in [2.24, 2.45) is 0 Å². The average molecular weight is 253 g/mol. The van der Waals surface area contributed by atoms with Crippen LogP contribution in [-0.4, -0.2) is 29.8 Å². The van der Waals surface area contributed by atoms with Crippen LogP contribution in [0, 0.1) is 11.8 Å². The Morgan fingerprint density at radius 1 is 1.44 bits per heavy atom. The molecule has 5 heteroatoms. The van der Waals surface area contributed by atoms with Crippen molar-refractivity contribution in [1.29, 1.82) is 0 Å². The molecule has 1 heterocycles. The molecule has 18 heavy (non-hydrogen) atoms. The second-order valence-corrected chi connectivity index (χ2v) is 4.07. The minimum atomic E-state index is -0.449. The molecule has 0 unspecified atom stereocenters. The van der Waals surface area contributed by atoms with Gasteiger partial charge in [0.2, 0.25) is 0 Å². The number of amides is 1. The van der Waals surface area contributed by atoms with Gasteiger partial charge in [0, 0.05) is 5.92 Å². The molecule has 0 spiro atoms. The first-order valence-corrected chi connectivity index (χ1v) is 6.29. The van der Waals surface area contributed by atoms with E-state index in [2.05, 4.69) is 21.4 Å². The molecule has 2 rings (SSSR count). The van der Waals surface area contributed by atoms with E-state index in [1.54, 1.807) is 13.8 Å². The van der Waals surface area contributed by atoms with Gasteiger partial charge in [0.05, 0.1) is 12.6 Å². The Hall–Kier alpha value is -1.70. The van der Waals surface area contributed by atoms with Crippen LogP contribution in [0.5, 0.6) is 0 Å². The molecule has 1 aliphatic carbocycles. The lowest BCUT2D eigenvalue weighted by atomic mass is 9.96. The number of hydrogen-bond donors (Lipinski definition) is 0.